The Bertz CT molecular complexity index is 1050. The molecule has 142 valence electrons. The van der Waals surface area contributed by atoms with Crippen LogP contribution in [0.5, 0.6) is 11.5 Å². The normalized spacial score (nSPS) is 12.4. The highest BCUT2D eigenvalue weighted by Gasteiger charge is 2.14. The number of nitrogens with zero attached hydrogens (tertiary/aromatic N) is 2. The molecule has 0 saturated carbocycles. The van der Waals surface area contributed by atoms with Gasteiger partial charge in [0.2, 0.25) is 5.95 Å². The number of benzene rings is 2. The predicted molar refractivity (Wildman–Crippen MR) is 97.1 cm³/mol. The molecule has 2 heterocycles. The topological polar surface area (TPSA) is 85.4 Å². The zero-order valence-corrected chi connectivity index (χ0v) is 14.4. The fourth-order valence-corrected chi connectivity index (χ4v) is 2.57. The lowest BCUT2D eigenvalue weighted by Crippen LogP contribution is -2.16. The van der Waals surface area contributed by atoms with Gasteiger partial charge in [0.05, 0.1) is 5.69 Å². The summed E-state index contributed by atoms with van der Waals surface area (Å²) in [7, 11) is 0. The van der Waals surface area contributed by atoms with Gasteiger partial charge in [-0.15, -0.1) is 0 Å². The smallest absolute Gasteiger partial charge is 0.274 e. The maximum absolute atomic E-state index is 13.7. The highest BCUT2D eigenvalue weighted by atomic mass is 19.1. The van der Waals surface area contributed by atoms with Crippen LogP contribution in [0.1, 0.15) is 10.5 Å². The van der Waals surface area contributed by atoms with Crippen molar-refractivity contribution in [1.82, 2.24) is 9.97 Å². The molecule has 28 heavy (non-hydrogen) atoms. The molecule has 0 spiro atoms. The number of nitrogens with one attached hydrogen (secondary N) is 2. The number of carbonyl (C=O) groups excluding carboxylic acids is 1. The molecule has 4 rings (SSSR count). The van der Waals surface area contributed by atoms with Crippen LogP contribution in [-0.4, -0.2) is 29.1 Å². The van der Waals surface area contributed by atoms with Crippen molar-refractivity contribution in [3.8, 4) is 11.5 Å². The molecule has 7 nitrogen and oxygen atoms in total. The van der Waals surface area contributed by atoms with Crippen LogP contribution in [0.3, 0.4) is 0 Å². The molecule has 0 aliphatic carbocycles. The van der Waals surface area contributed by atoms with E-state index in [-0.39, 0.29) is 17.3 Å². The van der Waals surface area contributed by atoms with Gasteiger partial charge in [-0.25, -0.2) is 18.7 Å². The van der Waals surface area contributed by atoms with Crippen LogP contribution in [-0.2, 0) is 0 Å². The lowest BCUT2D eigenvalue weighted by molar-refractivity contribution is 0.102. The Morgan fingerprint density at radius 2 is 1.82 bits per heavy atom. The number of rotatable bonds is 4. The number of hydrogen-bond acceptors (Lipinski definition) is 6. The molecule has 3 aromatic rings. The Morgan fingerprint density at radius 3 is 2.64 bits per heavy atom. The van der Waals surface area contributed by atoms with Crippen LogP contribution in [0.25, 0.3) is 0 Å². The summed E-state index contributed by atoms with van der Waals surface area (Å²) < 4.78 is 37.7. The molecule has 1 aliphatic heterocycles. The summed E-state index contributed by atoms with van der Waals surface area (Å²) in [6, 6.07) is 9.50. The average molecular weight is 384 g/mol. The lowest BCUT2D eigenvalue weighted by atomic mass is 10.2. The minimum absolute atomic E-state index is 0.0127. The summed E-state index contributed by atoms with van der Waals surface area (Å²) in [5.41, 5.74) is 0.511. The Kier molecular flexibility index (Phi) is 4.71. The third kappa shape index (κ3) is 3.83. The number of anilines is 3. The minimum atomic E-state index is -0.878. The van der Waals surface area contributed by atoms with E-state index < -0.39 is 17.5 Å². The molecule has 0 saturated heterocycles. The molecule has 0 fully saturated rings. The van der Waals surface area contributed by atoms with E-state index in [1.807, 2.05) is 0 Å². The van der Waals surface area contributed by atoms with Crippen molar-refractivity contribution in [3.63, 3.8) is 0 Å². The van der Waals surface area contributed by atoms with Crippen molar-refractivity contribution >= 4 is 23.2 Å². The molecule has 0 bridgehead atoms. The van der Waals surface area contributed by atoms with Gasteiger partial charge in [-0.3, -0.25) is 4.79 Å². The number of fused-ring (bicyclic) bond motifs is 1. The molecule has 0 atom stereocenters. The van der Waals surface area contributed by atoms with Crippen LogP contribution < -0.4 is 20.1 Å². The molecule has 1 aliphatic rings. The zero-order chi connectivity index (χ0) is 19.5. The highest BCUT2D eigenvalue weighted by Crippen LogP contribution is 2.33. The quantitative estimate of drug-likeness (QED) is 0.716. The van der Waals surface area contributed by atoms with Crippen LogP contribution in [0.15, 0.2) is 48.7 Å². The van der Waals surface area contributed by atoms with Gasteiger partial charge in [0.15, 0.2) is 11.5 Å². The van der Waals surface area contributed by atoms with E-state index in [0.717, 1.165) is 12.1 Å². The Morgan fingerprint density at radius 1 is 1.00 bits per heavy atom. The lowest BCUT2D eigenvalue weighted by Gasteiger charge is -2.19. The van der Waals surface area contributed by atoms with Crippen molar-refractivity contribution in [2.24, 2.45) is 0 Å². The zero-order valence-electron chi connectivity index (χ0n) is 14.4. The van der Waals surface area contributed by atoms with E-state index in [1.165, 1.54) is 12.3 Å². The summed E-state index contributed by atoms with van der Waals surface area (Å²) >= 11 is 0. The minimum Gasteiger partial charge on any atom is -0.486 e. The molecule has 0 unspecified atom stereocenters. The van der Waals surface area contributed by atoms with E-state index in [1.54, 1.807) is 18.2 Å². The second-order valence-corrected chi connectivity index (χ2v) is 5.83. The molecule has 2 N–H and O–H groups in total. The first-order valence-electron chi connectivity index (χ1n) is 8.34. The van der Waals surface area contributed by atoms with Gasteiger partial charge in [0.25, 0.3) is 5.91 Å². The van der Waals surface area contributed by atoms with Crippen LogP contribution in [0.2, 0.25) is 0 Å². The predicted octanol–water partition coefficient (Wildman–Crippen LogP) is 3.52. The number of hydrogen-bond donors (Lipinski definition) is 2. The fraction of sp³-hybridized carbons (Fsp3) is 0.105. The highest BCUT2D eigenvalue weighted by molar-refractivity contribution is 6.03. The molecule has 0 radical (unpaired) electrons. The van der Waals surface area contributed by atoms with Crippen molar-refractivity contribution in [1.29, 1.82) is 0 Å². The van der Waals surface area contributed by atoms with Gasteiger partial charge in [-0.1, -0.05) is 0 Å². The second-order valence-electron chi connectivity index (χ2n) is 5.83. The maximum Gasteiger partial charge on any atom is 0.274 e. The van der Waals surface area contributed by atoms with E-state index in [4.69, 9.17) is 9.47 Å². The third-order valence-corrected chi connectivity index (χ3v) is 3.87. The summed E-state index contributed by atoms with van der Waals surface area (Å²) in [5, 5.41) is 5.32. The summed E-state index contributed by atoms with van der Waals surface area (Å²) in [6.07, 6.45) is 1.39. The van der Waals surface area contributed by atoms with E-state index in [9.17, 15) is 13.6 Å². The molecule has 1 aromatic heterocycles. The molecular weight excluding hydrogens is 370 g/mol. The largest absolute Gasteiger partial charge is 0.486 e. The Balaban J connectivity index is 1.50. The van der Waals surface area contributed by atoms with Crippen molar-refractivity contribution < 1.29 is 23.0 Å². The molecular formula is C19H14F2N4O3. The van der Waals surface area contributed by atoms with E-state index >= 15 is 0 Å². The number of ether oxygens (including phenoxy) is 2. The average Bonchev–Trinajstić information content (AvgIpc) is 2.70. The standard InChI is InChI=1S/C19H14F2N4O3/c20-11-1-3-14(13(21)9-11)24-18(26)15-5-6-22-19(25-15)23-12-2-4-16-17(10-12)28-8-7-27-16/h1-6,9-10H,7-8H2,(H,24,26)(H,22,23,25). The van der Waals surface area contributed by atoms with E-state index in [2.05, 4.69) is 20.6 Å². The van der Waals surface area contributed by atoms with Crippen molar-refractivity contribution in [2.75, 3.05) is 23.8 Å². The van der Waals surface area contributed by atoms with Gasteiger partial charge in [-0.2, -0.15) is 0 Å². The van der Waals surface area contributed by atoms with Gasteiger partial charge in [0, 0.05) is 24.0 Å². The summed E-state index contributed by atoms with van der Waals surface area (Å²) in [6.45, 7) is 0.956. The summed E-state index contributed by atoms with van der Waals surface area (Å²) in [5.74, 6) is -0.855. The molecule has 1 amide bonds. The van der Waals surface area contributed by atoms with Gasteiger partial charge < -0.3 is 20.1 Å². The Hall–Kier alpha value is -3.75. The SMILES string of the molecule is O=C(Nc1ccc(F)cc1F)c1ccnc(Nc2ccc3c(c2)OCCO3)n1. The van der Waals surface area contributed by atoms with Crippen LogP contribution >= 0.6 is 0 Å². The summed E-state index contributed by atoms with van der Waals surface area (Å²) in [4.78, 5) is 20.5. The second kappa shape index (κ2) is 7.47. The van der Waals surface area contributed by atoms with Gasteiger partial charge in [0.1, 0.15) is 30.5 Å². The monoisotopic (exact) mass is 384 g/mol. The van der Waals surface area contributed by atoms with Crippen molar-refractivity contribution in [3.05, 3.63) is 66.0 Å². The Labute approximate surface area is 158 Å². The fourth-order valence-electron chi connectivity index (χ4n) is 2.57. The number of amides is 1. The third-order valence-electron chi connectivity index (χ3n) is 3.87. The first kappa shape index (κ1) is 17.7. The van der Waals surface area contributed by atoms with Gasteiger partial charge in [-0.05, 0) is 30.3 Å². The first-order chi connectivity index (χ1) is 13.6. The maximum atomic E-state index is 13.7. The number of halogens is 2. The van der Waals surface area contributed by atoms with Crippen molar-refractivity contribution in [2.45, 2.75) is 0 Å². The molecule has 2 aromatic carbocycles. The van der Waals surface area contributed by atoms with Crippen LogP contribution in [0.4, 0.5) is 26.1 Å². The van der Waals surface area contributed by atoms with E-state index in [0.29, 0.717) is 36.5 Å². The van der Waals surface area contributed by atoms with Crippen LogP contribution in [0, 0.1) is 11.6 Å². The number of aromatic nitrogens is 2. The number of carbonyl (C=O) groups is 1. The molecule has 9 heteroatoms. The van der Waals surface area contributed by atoms with Gasteiger partial charge >= 0.3 is 0 Å². The first-order valence-corrected chi connectivity index (χ1v) is 8.34.